The molecule has 0 spiro atoms. The van der Waals surface area contributed by atoms with Crippen molar-refractivity contribution in [2.24, 2.45) is 5.73 Å². The van der Waals surface area contributed by atoms with E-state index < -0.39 is 5.91 Å². The molecule has 0 saturated carbocycles. The zero-order valence-electron chi connectivity index (χ0n) is 5.05. The van der Waals surface area contributed by atoms with Gasteiger partial charge in [0, 0.05) is 0 Å². The maximum absolute atomic E-state index is 10.3. The zero-order chi connectivity index (χ0) is 6.85. The number of hydrogen-bond donors (Lipinski definition) is 1. The number of rotatable bonds is 1. The molecule has 0 aliphatic carbocycles. The lowest BCUT2D eigenvalue weighted by Gasteiger charge is -1.83. The highest BCUT2D eigenvalue weighted by atomic mass is 16.3. The molecule has 3 nitrogen and oxygen atoms in total. The van der Waals surface area contributed by atoms with E-state index in [1.807, 2.05) is 0 Å². The van der Waals surface area contributed by atoms with Gasteiger partial charge in [0.15, 0.2) is 13.6 Å². The zero-order valence-corrected chi connectivity index (χ0v) is 5.05. The van der Waals surface area contributed by atoms with Gasteiger partial charge in [-0.05, 0) is 12.1 Å². The minimum atomic E-state index is -0.525. The van der Waals surface area contributed by atoms with Crippen LogP contribution in [0.1, 0.15) is 10.6 Å². The maximum Gasteiger partial charge on any atom is 0.284 e. The molecule has 0 atom stereocenters. The van der Waals surface area contributed by atoms with E-state index >= 15 is 0 Å². The normalized spacial score (nSPS) is 9.33. The van der Waals surface area contributed by atoms with Crippen LogP contribution < -0.4 is 11.4 Å². The van der Waals surface area contributed by atoms with Gasteiger partial charge in [0.1, 0.15) is 0 Å². The van der Waals surface area contributed by atoms with Gasteiger partial charge in [-0.3, -0.25) is 4.79 Å². The molecule has 2 N–H and O–H groups in total. The summed E-state index contributed by atoms with van der Waals surface area (Å²) in [6.45, 7) is 0. The average Bonchev–Trinajstić information content (AvgIpc) is 2.14. The average molecular weight is 123 g/mol. The first kappa shape index (κ1) is 5.94. The predicted octanol–water partition coefficient (Wildman–Crippen LogP) is -1.36. The van der Waals surface area contributed by atoms with Gasteiger partial charge in [-0.25, -0.2) is 0 Å². The highest BCUT2D eigenvalue weighted by molar-refractivity contribution is 6.30. The number of nitrogens with two attached hydrogens (primary N) is 1. The van der Waals surface area contributed by atoms with Crippen LogP contribution in [0.5, 0.6) is 0 Å². The van der Waals surface area contributed by atoms with Crippen molar-refractivity contribution in [2.45, 2.75) is 0 Å². The summed E-state index contributed by atoms with van der Waals surface area (Å²) in [6.07, 6.45) is 0. The Hall–Kier alpha value is -1.19. The van der Waals surface area contributed by atoms with E-state index in [0.29, 0.717) is 5.66 Å². The first-order chi connectivity index (χ1) is 4.20. The van der Waals surface area contributed by atoms with Gasteiger partial charge in [0.05, 0.1) is 5.66 Å². The van der Waals surface area contributed by atoms with E-state index in [1.165, 1.54) is 0 Å². The van der Waals surface area contributed by atoms with E-state index in [9.17, 15) is 4.79 Å². The Kier molecular flexibility index (Phi) is 1.30. The molecule has 1 aromatic heterocycles. The summed E-state index contributed by atoms with van der Waals surface area (Å²) in [5.74, 6) is -0.310. The van der Waals surface area contributed by atoms with Gasteiger partial charge < -0.3 is 10.2 Å². The lowest BCUT2D eigenvalue weighted by atomic mass is 10.1. The van der Waals surface area contributed by atoms with Gasteiger partial charge in [0.25, 0.3) is 5.91 Å². The topological polar surface area (TPSA) is 56.2 Å². The molecule has 0 aromatic carbocycles. The van der Waals surface area contributed by atoms with Crippen LogP contribution in [0.25, 0.3) is 0 Å². The van der Waals surface area contributed by atoms with E-state index in [4.69, 9.17) is 10.2 Å². The quantitative estimate of drug-likeness (QED) is 0.468. The predicted molar refractivity (Wildman–Crippen MR) is 35.4 cm³/mol. The molecule has 4 heteroatoms. The molecule has 0 radical (unpaired) electrons. The first-order valence-corrected chi connectivity index (χ1v) is 2.56. The van der Waals surface area contributed by atoms with Crippen LogP contribution in [-0.2, 0) is 0 Å². The number of carbonyl (C=O) groups is 1. The fourth-order valence-corrected chi connectivity index (χ4v) is 0.567. The Balaban J connectivity index is 2.98. The van der Waals surface area contributed by atoms with Crippen LogP contribution in [0.2, 0.25) is 0 Å². The molecule has 0 saturated heterocycles. The molecular formula is C5H6BNO2. The van der Waals surface area contributed by atoms with Gasteiger partial charge in [-0.1, -0.05) is 0 Å². The second-order valence-electron chi connectivity index (χ2n) is 1.77. The van der Waals surface area contributed by atoms with Crippen molar-refractivity contribution in [3.63, 3.8) is 0 Å². The van der Waals surface area contributed by atoms with Crippen molar-refractivity contribution in [2.75, 3.05) is 0 Å². The van der Waals surface area contributed by atoms with Crippen LogP contribution in [0.4, 0.5) is 0 Å². The summed E-state index contributed by atoms with van der Waals surface area (Å²) in [4.78, 5) is 10.3. The number of furan rings is 1. The lowest BCUT2D eigenvalue weighted by Crippen LogP contribution is -2.10. The Labute approximate surface area is 53.2 Å². The first-order valence-electron chi connectivity index (χ1n) is 2.56. The molecule has 0 aliphatic rings. The minimum absolute atomic E-state index is 0.215. The van der Waals surface area contributed by atoms with Crippen molar-refractivity contribution in [1.29, 1.82) is 0 Å². The molecular weight excluding hydrogens is 117 g/mol. The summed E-state index contributed by atoms with van der Waals surface area (Å²) >= 11 is 0. The van der Waals surface area contributed by atoms with Gasteiger partial charge in [0.2, 0.25) is 0 Å². The molecule has 1 rings (SSSR count). The maximum atomic E-state index is 10.3. The highest BCUT2D eigenvalue weighted by Gasteiger charge is 2.02. The van der Waals surface area contributed by atoms with Gasteiger partial charge >= 0.3 is 0 Å². The SMILES string of the molecule is Bc1ccc(C(N)=O)o1. The van der Waals surface area contributed by atoms with Gasteiger partial charge in [-0.15, -0.1) is 0 Å². The number of amides is 1. The van der Waals surface area contributed by atoms with Crippen LogP contribution in [0, 0.1) is 0 Å². The molecule has 9 heavy (non-hydrogen) atoms. The molecule has 1 heterocycles. The van der Waals surface area contributed by atoms with Crippen LogP contribution >= 0.6 is 0 Å². The van der Waals surface area contributed by atoms with Crippen molar-refractivity contribution in [3.8, 4) is 0 Å². The molecule has 1 aromatic rings. The Bertz CT molecular complexity index is 231. The minimum Gasteiger partial charge on any atom is -0.467 e. The van der Waals surface area contributed by atoms with E-state index in [2.05, 4.69) is 0 Å². The molecule has 0 aliphatic heterocycles. The summed E-state index contributed by atoms with van der Waals surface area (Å²) < 4.78 is 4.87. The summed E-state index contributed by atoms with van der Waals surface area (Å²) in [7, 11) is 1.76. The number of primary amides is 1. The second-order valence-corrected chi connectivity index (χ2v) is 1.77. The third kappa shape index (κ3) is 1.13. The molecule has 0 fully saturated rings. The smallest absolute Gasteiger partial charge is 0.284 e. The Morgan fingerprint density at radius 3 is 2.56 bits per heavy atom. The Morgan fingerprint density at radius 1 is 1.67 bits per heavy atom. The van der Waals surface area contributed by atoms with Crippen molar-refractivity contribution >= 4 is 19.4 Å². The summed E-state index contributed by atoms with van der Waals surface area (Å²) in [6, 6.07) is 3.25. The van der Waals surface area contributed by atoms with Crippen LogP contribution in [0.3, 0.4) is 0 Å². The van der Waals surface area contributed by atoms with E-state index in [0.717, 1.165) is 0 Å². The highest BCUT2D eigenvalue weighted by Crippen LogP contribution is 1.93. The van der Waals surface area contributed by atoms with E-state index in [1.54, 1.807) is 20.0 Å². The third-order valence-corrected chi connectivity index (χ3v) is 0.983. The number of carbonyl (C=O) groups excluding carboxylic acids is 1. The van der Waals surface area contributed by atoms with Crippen molar-refractivity contribution in [3.05, 3.63) is 17.9 Å². The van der Waals surface area contributed by atoms with Crippen molar-refractivity contribution in [1.82, 2.24) is 0 Å². The molecule has 1 amide bonds. The summed E-state index contributed by atoms with van der Waals surface area (Å²) in [5.41, 5.74) is 5.59. The van der Waals surface area contributed by atoms with Crippen LogP contribution in [-0.4, -0.2) is 13.8 Å². The van der Waals surface area contributed by atoms with Crippen LogP contribution in [0.15, 0.2) is 16.5 Å². The largest absolute Gasteiger partial charge is 0.467 e. The third-order valence-electron chi connectivity index (χ3n) is 0.983. The number of hydrogen-bond acceptors (Lipinski definition) is 2. The second kappa shape index (κ2) is 1.97. The standard InChI is InChI=1S/C5H6BNO2/c6-4-2-1-3(9-4)5(7)8/h1-2H,6H2,(H2,7,8). The Morgan fingerprint density at radius 2 is 2.33 bits per heavy atom. The van der Waals surface area contributed by atoms with Gasteiger partial charge in [-0.2, -0.15) is 0 Å². The monoisotopic (exact) mass is 123 g/mol. The fourth-order valence-electron chi connectivity index (χ4n) is 0.567. The summed E-state index contributed by atoms with van der Waals surface area (Å²) in [5, 5.41) is 0. The fraction of sp³-hybridized carbons (Fsp3) is 0. The van der Waals surface area contributed by atoms with E-state index in [-0.39, 0.29) is 5.76 Å². The molecule has 0 unspecified atom stereocenters. The lowest BCUT2D eigenvalue weighted by molar-refractivity contribution is 0.0975. The molecule has 0 bridgehead atoms. The molecule has 46 valence electrons. The van der Waals surface area contributed by atoms with Crippen molar-refractivity contribution < 1.29 is 9.21 Å².